The van der Waals surface area contributed by atoms with Gasteiger partial charge in [0.05, 0.1) is 25.7 Å². The van der Waals surface area contributed by atoms with E-state index in [0.29, 0.717) is 6.61 Å². The van der Waals surface area contributed by atoms with E-state index in [0.717, 1.165) is 31.9 Å². The highest BCUT2D eigenvalue weighted by molar-refractivity contribution is 5.84. The number of hydrogen-bond donors (Lipinski definition) is 1. The second kappa shape index (κ2) is 5.77. The predicted octanol–water partition coefficient (Wildman–Crippen LogP) is 0.996. The topological polar surface area (TPSA) is 46.1 Å². The Morgan fingerprint density at radius 2 is 2.21 bits per heavy atom. The Balaban J connectivity index is 1.48. The molecule has 5 heteroatoms. The molecule has 2 fully saturated rings. The summed E-state index contributed by atoms with van der Waals surface area (Å²) in [7, 11) is 0. The Morgan fingerprint density at radius 3 is 2.95 bits per heavy atom. The minimum absolute atomic E-state index is 0.213. The van der Waals surface area contributed by atoms with Crippen LogP contribution in [0.5, 0.6) is 0 Å². The van der Waals surface area contributed by atoms with Gasteiger partial charge in [-0.2, -0.15) is 0 Å². The summed E-state index contributed by atoms with van der Waals surface area (Å²) in [5.41, 5.74) is 0. The van der Waals surface area contributed by atoms with Crippen LogP contribution in [0.3, 0.4) is 0 Å². The molecule has 108 valence electrons. The minimum Gasteiger partial charge on any atom is -0.372 e. The number of aliphatic imine (C=N–C) groups is 1. The van der Waals surface area contributed by atoms with Crippen molar-refractivity contribution < 1.29 is 9.47 Å². The molecule has 3 aliphatic heterocycles. The number of nitrogens with one attached hydrogen (secondary N) is 1. The molecule has 0 aromatic heterocycles. The number of likely N-dealkylation sites (tertiary alicyclic amines) is 1. The summed E-state index contributed by atoms with van der Waals surface area (Å²) in [6.07, 6.45) is 4.98. The van der Waals surface area contributed by atoms with Gasteiger partial charge in [-0.3, -0.25) is 4.99 Å². The van der Waals surface area contributed by atoms with Crippen LogP contribution in [0.2, 0.25) is 0 Å². The Morgan fingerprint density at radius 1 is 1.37 bits per heavy atom. The molecule has 1 N–H and O–H groups in total. The highest BCUT2D eigenvalue weighted by Crippen LogP contribution is 2.28. The quantitative estimate of drug-likeness (QED) is 0.825. The van der Waals surface area contributed by atoms with Crippen molar-refractivity contribution in [2.45, 2.75) is 44.5 Å². The molecule has 0 amide bonds. The van der Waals surface area contributed by atoms with Crippen molar-refractivity contribution in [1.82, 2.24) is 10.2 Å². The molecule has 3 rings (SSSR count). The lowest BCUT2D eigenvalue weighted by Gasteiger charge is -2.29. The van der Waals surface area contributed by atoms with E-state index in [1.165, 1.54) is 32.4 Å². The van der Waals surface area contributed by atoms with Crippen LogP contribution < -0.4 is 5.32 Å². The molecule has 5 nitrogen and oxygen atoms in total. The maximum absolute atomic E-state index is 6.13. The van der Waals surface area contributed by atoms with Crippen LogP contribution in [0.1, 0.15) is 32.6 Å². The van der Waals surface area contributed by atoms with Gasteiger partial charge >= 0.3 is 0 Å². The molecule has 0 bridgehead atoms. The summed E-state index contributed by atoms with van der Waals surface area (Å²) in [5, 5.41) is 3.28. The zero-order valence-corrected chi connectivity index (χ0v) is 11.9. The molecule has 0 aromatic carbocycles. The fraction of sp³-hybridized carbons (Fsp3) is 0.929. The van der Waals surface area contributed by atoms with E-state index in [2.05, 4.69) is 15.2 Å². The fourth-order valence-corrected chi connectivity index (χ4v) is 3.17. The summed E-state index contributed by atoms with van der Waals surface area (Å²) in [4.78, 5) is 6.93. The number of ether oxygens (including phenoxy) is 2. The maximum Gasteiger partial charge on any atom is 0.173 e. The van der Waals surface area contributed by atoms with E-state index in [-0.39, 0.29) is 6.10 Å². The summed E-state index contributed by atoms with van der Waals surface area (Å²) >= 11 is 0. The lowest BCUT2D eigenvalue weighted by Crippen LogP contribution is -2.39. The Hall–Kier alpha value is -0.650. The molecular weight excluding hydrogens is 242 g/mol. The Bertz CT molecular complexity index is 342. The zero-order valence-electron chi connectivity index (χ0n) is 11.9. The van der Waals surface area contributed by atoms with Crippen LogP contribution >= 0.6 is 0 Å². The zero-order chi connectivity index (χ0) is 13.1. The second-order valence-electron chi connectivity index (χ2n) is 5.98. The van der Waals surface area contributed by atoms with Crippen LogP contribution in [0.15, 0.2) is 4.99 Å². The van der Waals surface area contributed by atoms with Crippen LogP contribution in [-0.2, 0) is 9.47 Å². The highest BCUT2D eigenvalue weighted by Gasteiger charge is 2.39. The second-order valence-corrected chi connectivity index (χ2v) is 5.98. The standard InChI is InChI=1S/C14H25N3O2/c1-14(9-13-15-5-6-16-13)18-11-12(19-14)10-17-7-3-2-4-8-17/h12H,2-11H2,1H3,(H,15,16)/t12-,14-/m1/s1. The third-order valence-electron chi connectivity index (χ3n) is 4.13. The molecule has 3 heterocycles. The summed E-state index contributed by atoms with van der Waals surface area (Å²) in [6.45, 7) is 8.00. The van der Waals surface area contributed by atoms with Crippen LogP contribution in [0.25, 0.3) is 0 Å². The molecule has 0 unspecified atom stereocenters. The molecular formula is C14H25N3O2. The van der Waals surface area contributed by atoms with E-state index in [4.69, 9.17) is 9.47 Å². The van der Waals surface area contributed by atoms with Crippen LogP contribution in [0.4, 0.5) is 0 Å². The van der Waals surface area contributed by atoms with Gasteiger partial charge in [-0.25, -0.2) is 0 Å². The first-order valence-electron chi connectivity index (χ1n) is 7.55. The summed E-state index contributed by atoms with van der Waals surface area (Å²) in [6, 6.07) is 0. The Kier molecular flexibility index (Phi) is 4.05. The van der Waals surface area contributed by atoms with Crippen molar-refractivity contribution in [2.75, 3.05) is 39.3 Å². The number of nitrogens with zero attached hydrogens (tertiary/aromatic N) is 2. The molecule has 2 atom stereocenters. The van der Waals surface area contributed by atoms with Gasteiger partial charge in [-0.1, -0.05) is 6.42 Å². The van der Waals surface area contributed by atoms with E-state index in [1.54, 1.807) is 0 Å². The monoisotopic (exact) mass is 267 g/mol. The maximum atomic E-state index is 6.13. The van der Waals surface area contributed by atoms with Crippen molar-refractivity contribution in [3.8, 4) is 0 Å². The van der Waals surface area contributed by atoms with Crippen molar-refractivity contribution >= 4 is 5.84 Å². The SMILES string of the molecule is C[C@@]1(CC2=NCCN2)OC[C@@H](CN2CCCCC2)O1. The number of rotatable bonds is 4. The largest absolute Gasteiger partial charge is 0.372 e. The molecule has 0 aromatic rings. The normalized spacial score (nSPS) is 36.3. The van der Waals surface area contributed by atoms with Gasteiger partial charge in [-0.05, 0) is 32.9 Å². The lowest BCUT2D eigenvalue weighted by molar-refractivity contribution is -0.149. The van der Waals surface area contributed by atoms with Gasteiger partial charge in [0.15, 0.2) is 5.79 Å². The first kappa shape index (κ1) is 13.3. The van der Waals surface area contributed by atoms with E-state index >= 15 is 0 Å². The van der Waals surface area contributed by atoms with Gasteiger partial charge in [0.2, 0.25) is 0 Å². The van der Waals surface area contributed by atoms with E-state index in [9.17, 15) is 0 Å². The van der Waals surface area contributed by atoms with E-state index in [1.807, 2.05) is 6.92 Å². The Labute approximate surface area is 115 Å². The average Bonchev–Trinajstić information content (AvgIpc) is 3.02. The first-order chi connectivity index (χ1) is 9.23. The van der Waals surface area contributed by atoms with Crippen molar-refractivity contribution in [2.24, 2.45) is 4.99 Å². The van der Waals surface area contributed by atoms with Crippen molar-refractivity contribution in [3.63, 3.8) is 0 Å². The van der Waals surface area contributed by atoms with Gasteiger partial charge < -0.3 is 19.7 Å². The predicted molar refractivity (Wildman–Crippen MR) is 74.4 cm³/mol. The third-order valence-corrected chi connectivity index (χ3v) is 4.13. The highest BCUT2D eigenvalue weighted by atomic mass is 16.7. The van der Waals surface area contributed by atoms with Gasteiger partial charge in [-0.15, -0.1) is 0 Å². The molecule has 2 saturated heterocycles. The molecule has 0 aliphatic carbocycles. The molecule has 3 aliphatic rings. The fourth-order valence-electron chi connectivity index (χ4n) is 3.17. The minimum atomic E-state index is -0.489. The molecule has 0 saturated carbocycles. The van der Waals surface area contributed by atoms with Gasteiger partial charge in [0.1, 0.15) is 5.84 Å². The molecule has 0 spiro atoms. The molecule has 19 heavy (non-hydrogen) atoms. The van der Waals surface area contributed by atoms with Crippen LogP contribution in [0, 0.1) is 0 Å². The first-order valence-corrected chi connectivity index (χ1v) is 7.55. The number of piperidine rings is 1. The summed E-state index contributed by atoms with van der Waals surface area (Å²) in [5.74, 6) is 0.539. The smallest absolute Gasteiger partial charge is 0.173 e. The number of hydrogen-bond acceptors (Lipinski definition) is 5. The van der Waals surface area contributed by atoms with Crippen molar-refractivity contribution in [3.05, 3.63) is 0 Å². The van der Waals surface area contributed by atoms with Gasteiger partial charge in [0.25, 0.3) is 0 Å². The lowest BCUT2D eigenvalue weighted by atomic mass is 10.1. The molecule has 0 radical (unpaired) electrons. The van der Waals surface area contributed by atoms with Crippen molar-refractivity contribution in [1.29, 1.82) is 0 Å². The third kappa shape index (κ3) is 3.46. The average molecular weight is 267 g/mol. The van der Waals surface area contributed by atoms with E-state index < -0.39 is 5.79 Å². The van der Waals surface area contributed by atoms with Crippen LogP contribution in [-0.4, -0.2) is 62.0 Å². The number of amidine groups is 1. The van der Waals surface area contributed by atoms with Gasteiger partial charge in [0, 0.05) is 13.1 Å². The summed E-state index contributed by atoms with van der Waals surface area (Å²) < 4.78 is 12.0.